The van der Waals surface area contributed by atoms with Crippen molar-refractivity contribution in [1.29, 1.82) is 5.26 Å². The number of hydrogen-bond acceptors (Lipinski definition) is 3. The van der Waals surface area contributed by atoms with E-state index in [4.69, 9.17) is 6.57 Å². The van der Waals surface area contributed by atoms with Crippen LogP contribution in [0.5, 0.6) is 0 Å². The fraction of sp³-hybridized carbons (Fsp3) is 0. The summed E-state index contributed by atoms with van der Waals surface area (Å²) < 4.78 is 2.05. The summed E-state index contributed by atoms with van der Waals surface area (Å²) in [5.41, 5.74) is 9.31. The number of fused-ring (bicyclic) bond motifs is 4. The second-order valence-electron chi connectivity index (χ2n) is 12.6. The summed E-state index contributed by atoms with van der Waals surface area (Å²) in [7, 11) is 0. The molecule has 6 heteroatoms. The third-order valence-electron chi connectivity index (χ3n) is 9.80. The van der Waals surface area contributed by atoms with Crippen LogP contribution < -0.4 is 4.90 Å². The second-order valence-corrected chi connectivity index (χ2v) is 12.6. The lowest BCUT2D eigenvalue weighted by Crippen LogP contribution is -2.30. The minimum Gasteiger partial charge on any atom is -0.308 e. The lowest BCUT2D eigenvalue weighted by molar-refractivity contribution is 0.0926. The lowest BCUT2D eigenvalue weighted by Gasteiger charge is -2.23. The Kier molecular flexibility index (Phi) is 7.10. The highest BCUT2D eigenvalue weighted by Crippen LogP contribution is 2.45. The van der Waals surface area contributed by atoms with Gasteiger partial charge in [0, 0.05) is 27.5 Å². The minimum absolute atomic E-state index is 0.336. The standard InChI is InChI=1S/C46H26N4O2/c1-48-33-23-24-34(32(26-33)28-47)31-22-25-41-39(27-31)37-16-8-9-20-40(37)49(41)42-21-11-19-38-43(42)46(52)50(45(38)51)44-35(29-12-4-2-5-13-29)17-10-18-36(44)30-14-6-3-7-15-30/h2-27H. The number of carbonyl (C=O) groups excluding carboxylic acids is 2. The molecule has 0 N–H and O–H groups in total. The zero-order chi connectivity index (χ0) is 35.3. The van der Waals surface area contributed by atoms with E-state index in [1.807, 2.05) is 140 Å². The van der Waals surface area contributed by atoms with Crippen LogP contribution in [0.4, 0.5) is 11.4 Å². The first-order valence-corrected chi connectivity index (χ1v) is 16.8. The summed E-state index contributed by atoms with van der Waals surface area (Å²) in [4.78, 5) is 34.4. The smallest absolute Gasteiger partial charge is 0.268 e. The Bertz CT molecular complexity index is 2800. The van der Waals surface area contributed by atoms with E-state index in [1.54, 1.807) is 18.2 Å². The summed E-state index contributed by atoms with van der Waals surface area (Å²) in [6, 6.07) is 52.3. The zero-order valence-corrected chi connectivity index (χ0v) is 27.6. The van der Waals surface area contributed by atoms with Crippen molar-refractivity contribution in [3.63, 3.8) is 0 Å². The largest absolute Gasteiger partial charge is 0.308 e. The van der Waals surface area contributed by atoms with E-state index in [9.17, 15) is 14.9 Å². The molecule has 7 aromatic carbocycles. The number of carbonyl (C=O) groups is 2. The number of para-hydroxylation sites is 2. The Morgan fingerprint density at radius 2 is 1.17 bits per heavy atom. The number of hydrogen-bond donors (Lipinski definition) is 0. The Morgan fingerprint density at radius 1 is 0.538 bits per heavy atom. The summed E-state index contributed by atoms with van der Waals surface area (Å²) in [5, 5.41) is 11.8. The molecule has 0 fully saturated rings. The molecule has 2 amide bonds. The van der Waals surface area contributed by atoms with Gasteiger partial charge in [-0.25, -0.2) is 9.74 Å². The fourth-order valence-electron chi connectivity index (χ4n) is 7.49. The predicted molar refractivity (Wildman–Crippen MR) is 206 cm³/mol. The van der Waals surface area contributed by atoms with Crippen molar-refractivity contribution in [3.05, 3.63) is 186 Å². The summed E-state index contributed by atoms with van der Waals surface area (Å²) in [6.45, 7) is 7.38. The van der Waals surface area contributed by atoms with Gasteiger partial charge < -0.3 is 4.57 Å². The van der Waals surface area contributed by atoms with Gasteiger partial charge >= 0.3 is 0 Å². The predicted octanol–water partition coefficient (Wildman–Crippen LogP) is 11.0. The summed E-state index contributed by atoms with van der Waals surface area (Å²) in [5.74, 6) is -0.769. The van der Waals surface area contributed by atoms with E-state index in [2.05, 4.69) is 15.5 Å². The van der Waals surface area contributed by atoms with E-state index in [-0.39, 0.29) is 5.91 Å². The number of aromatic nitrogens is 1. The number of imide groups is 1. The quantitative estimate of drug-likeness (QED) is 0.136. The lowest BCUT2D eigenvalue weighted by atomic mass is 9.95. The first kappa shape index (κ1) is 30.5. The van der Waals surface area contributed by atoms with Gasteiger partial charge in [0.15, 0.2) is 5.69 Å². The van der Waals surface area contributed by atoms with Crippen LogP contribution in [-0.4, -0.2) is 16.4 Å². The Labute approximate surface area is 299 Å². The van der Waals surface area contributed by atoms with Crippen LogP contribution in [0.15, 0.2) is 158 Å². The van der Waals surface area contributed by atoms with Gasteiger partial charge in [0.2, 0.25) is 0 Å². The molecule has 1 aliphatic rings. The molecule has 8 aromatic rings. The average Bonchev–Trinajstić information content (AvgIpc) is 3.67. The van der Waals surface area contributed by atoms with Crippen LogP contribution in [0, 0.1) is 17.9 Å². The molecule has 6 nitrogen and oxygen atoms in total. The monoisotopic (exact) mass is 666 g/mol. The number of nitrogens with zero attached hydrogens (tertiary/aromatic N) is 4. The van der Waals surface area contributed by atoms with Crippen LogP contribution in [0.25, 0.3) is 65.7 Å². The molecular formula is C46H26N4O2. The molecule has 1 aromatic heterocycles. The van der Waals surface area contributed by atoms with Gasteiger partial charge in [0.05, 0.1) is 46.2 Å². The Morgan fingerprint density at radius 3 is 1.87 bits per heavy atom. The molecule has 0 saturated carbocycles. The molecule has 242 valence electrons. The van der Waals surface area contributed by atoms with Crippen molar-refractivity contribution in [2.75, 3.05) is 4.90 Å². The van der Waals surface area contributed by atoms with Gasteiger partial charge in [-0.2, -0.15) is 5.26 Å². The van der Waals surface area contributed by atoms with Gasteiger partial charge in [-0.15, -0.1) is 0 Å². The molecule has 2 heterocycles. The van der Waals surface area contributed by atoms with Gasteiger partial charge in [0.25, 0.3) is 11.8 Å². The molecule has 0 radical (unpaired) electrons. The Balaban J connectivity index is 1.25. The molecule has 0 unspecified atom stereocenters. The van der Waals surface area contributed by atoms with E-state index in [1.165, 1.54) is 4.90 Å². The molecule has 0 saturated heterocycles. The van der Waals surface area contributed by atoms with Crippen molar-refractivity contribution in [2.45, 2.75) is 0 Å². The third-order valence-corrected chi connectivity index (χ3v) is 9.80. The number of rotatable bonds is 5. The topological polar surface area (TPSA) is 70.5 Å². The first-order chi connectivity index (χ1) is 25.6. The first-order valence-electron chi connectivity index (χ1n) is 16.8. The van der Waals surface area contributed by atoms with E-state index < -0.39 is 5.91 Å². The number of amides is 2. The van der Waals surface area contributed by atoms with Crippen molar-refractivity contribution >= 4 is 45.0 Å². The highest BCUT2D eigenvalue weighted by molar-refractivity contribution is 6.37. The molecule has 1 aliphatic heterocycles. The molecule has 0 aliphatic carbocycles. The molecule has 52 heavy (non-hydrogen) atoms. The molecular weight excluding hydrogens is 641 g/mol. The van der Waals surface area contributed by atoms with Gasteiger partial charge in [0.1, 0.15) is 0 Å². The summed E-state index contributed by atoms with van der Waals surface area (Å²) >= 11 is 0. The van der Waals surface area contributed by atoms with Crippen LogP contribution >= 0.6 is 0 Å². The Hall–Kier alpha value is -7.54. The number of benzene rings is 7. The highest BCUT2D eigenvalue weighted by atomic mass is 16.2. The maximum absolute atomic E-state index is 15.0. The second kappa shape index (κ2) is 12.1. The number of anilines is 1. The van der Waals surface area contributed by atoms with Crippen LogP contribution in [0.1, 0.15) is 26.3 Å². The maximum Gasteiger partial charge on any atom is 0.268 e. The van der Waals surface area contributed by atoms with Crippen LogP contribution in [0.3, 0.4) is 0 Å². The van der Waals surface area contributed by atoms with Gasteiger partial charge in [-0.1, -0.05) is 121 Å². The molecule has 0 atom stereocenters. The SMILES string of the molecule is [C-]#[N+]c1ccc(-c2ccc3c(c2)c2ccccc2n3-c2cccc3c2C(=O)N(c2c(-c4ccccc4)cccc2-c2ccccc2)C3=O)c(C#N)c1. The van der Waals surface area contributed by atoms with E-state index in [0.29, 0.717) is 33.8 Å². The third kappa shape index (κ3) is 4.64. The summed E-state index contributed by atoms with van der Waals surface area (Å²) in [6.07, 6.45) is 0. The molecule has 0 spiro atoms. The van der Waals surface area contributed by atoms with Gasteiger partial charge in [-0.3, -0.25) is 9.59 Å². The van der Waals surface area contributed by atoms with E-state index >= 15 is 0 Å². The molecule has 9 rings (SSSR count). The van der Waals surface area contributed by atoms with Crippen molar-refractivity contribution in [3.8, 4) is 45.1 Å². The minimum atomic E-state index is -0.391. The van der Waals surface area contributed by atoms with Crippen molar-refractivity contribution in [2.24, 2.45) is 0 Å². The van der Waals surface area contributed by atoms with Crippen molar-refractivity contribution in [1.82, 2.24) is 4.57 Å². The zero-order valence-electron chi connectivity index (χ0n) is 27.6. The normalized spacial score (nSPS) is 12.2. The maximum atomic E-state index is 15.0. The van der Waals surface area contributed by atoms with E-state index in [0.717, 1.165) is 55.2 Å². The number of nitriles is 1. The average molecular weight is 667 g/mol. The van der Waals surface area contributed by atoms with Crippen molar-refractivity contribution < 1.29 is 9.59 Å². The van der Waals surface area contributed by atoms with Crippen LogP contribution in [0.2, 0.25) is 0 Å². The highest BCUT2D eigenvalue weighted by Gasteiger charge is 2.41. The fourth-order valence-corrected chi connectivity index (χ4v) is 7.49. The van der Waals surface area contributed by atoms with Gasteiger partial charge in [-0.05, 0) is 58.7 Å². The van der Waals surface area contributed by atoms with Crippen LogP contribution in [-0.2, 0) is 0 Å². The molecule has 0 bridgehead atoms.